The van der Waals surface area contributed by atoms with Crippen LogP contribution in [-0.2, 0) is 0 Å². The second-order valence-corrected chi connectivity index (χ2v) is 3.14. The van der Waals surface area contributed by atoms with Crippen molar-refractivity contribution in [2.24, 2.45) is 5.92 Å². The molecule has 2 fully saturated rings. The Morgan fingerprint density at radius 3 is 2.50 bits per heavy atom. The van der Waals surface area contributed by atoms with E-state index in [2.05, 4.69) is 12.2 Å². The summed E-state index contributed by atoms with van der Waals surface area (Å²) in [7, 11) is 0. The number of rotatable bonds is 1. The molecule has 1 spiro atoms. The topological polar surface area (TPSA) is 12.0 Å². The van der Waals surface area contributed by atoms with Gasteiger partial charge in [0, 0.05) is 12.1 Å². The fourth-order valence-electron chi connectivity index (χ4n) is 1.79. The van der Waals surface area contributed by atoms with Crippen LogP contribution in [0.1, 0.15) is 26.2 Å². The predicted octanol–water partition coefficient (Wildman–Crippen LogP) is 1.15. The Hall–Kier alpha value is -0.0400. The summed E-state index contributed by atoms with van der Waals surface area (Å²) in [5.41, 5.74) is 0.689. The van der Waals surface area contributed by atoms with Gasteiger partial charge in [-0.1, -0.05) is 13.3 Å². The van der Waals surface area contributed by atoms with E-state index < -0.39 is 0 Å². The van der Waals surface area contributed by atoms with Crippen molar-refractivity contribution in [1.82, 2.24) is 5.32 Å². The highest BCUT2D eigenvalue weighted by Gasteiger charge is 2.54. The van der Waals surface area contributed by atoms with E-state index in [0.29, 0.717) is 5.54 Å². The van der Waals surface area contributed by atoms with Crippen LogP contribution >= 0.6 is 0 Å². The molecule has 1 heteroatoms. The first-order valence-electron chi connectivity index (χ1n) is 3.62. The van der Waals surface area contributed by atoms with Crippen LogP contribution in [0.15, 0.2) is 0 Å². The maximum atomic E-state index is 3.50. The normalized spacial score (nSPS) is 39.4. The third-order valence-electron chi connectivity index (χ3n) is 2.76. The lowest BCUT2D eigenvalue weighted by Crippen LogP contribution is -2.54. The molecule has 46 valence electrons. The first-order chi connectivity index (χ1) is 3.87. The van der Waals surface area contributed by atoms with Crippen LogP contribution in [0.3, 0.4) is 0 Å². The second-order valence-electron chi connectivity index (χ2n) is 3.14. The molecular formula is C7H13N. The molecule has 0 aromatic carbocycles. The lowest BCUT2D eigenvalue weighted by atomic mass is 9.87. The molecule has 8 heavy (non-hydrogen) atoms. The average Bonchev–Trinajstić information content (AvgIpc) is 2.42. The van der Waals surface area contributed by atoms with E-state index >= 15 is 0 Å². The lowest BCUT2D eigenvalue weighted by molar-refractivity contribution is 0.203. The Balaban J connectivity index is 1.98. The van der Waals surface area contributed by atoms with Crippen molar-refractivity contribution >= 4 is 0 Å². The Kier molecular flexibility index (Phi) is 0.762. The molecule has 1 nitrogen and oxygen atoms in total. The van der Waals surface area contributed by atoms with E-state index in [4.69, 9.17) is 0 Å². The van der Waals surface area contributed by atoms with Gasteiger partial charge >= 0.3 is 0 Å². The quantitative estimate of drug-likeness (QED) is 0.535. The first kappa shape index (κ1) is 4.80. The van der Waals surface area contributed by atoms with E-state index in [1.165, 1.54) is 25.8 Å². The van der Waals surface area contributed by atoms with Gasteiger partial charge in [0.1, 0.15) is 0 Å². The summed E-state index contributed by atoms with van der Waals surface area (Å²) < 4.78 is 0. The van der Waals surface area contributed by atoms with Gasteiger partial charge in [-0.2, -0.15) is 0 Å². The third kappa shape index (κ3) is 0.408. The van der Waals surface area contributed by atoms with Crippen molar-refractivity contribution in [3.05, 3.63) is 0 Å². The summed E-state index contributed by atoms with van der Waals surface area (Å²) in [6.07, 6.45) is 4.28. The zero-order valence-electron chi connectivity index (χ0n) is 5.41. The van der Waals surface area contributed by atoms with Gasteiger partial charge in [0.25, 0.3) is 0 Å². The molecule has 1 aliphatic heterocycles. The standard InChI is InChI=1S/C7H13N/c1-2-6-5-8-7(6)3-4-7/h6,8H,2-5H2,1H3. The number of hydrogen-bond acceptors (Lipinski definition) is 1. The van der Waals surface area contributed by atoms with Crippen LogP contribution in [0.4, 0.5) is 0 Å². The van der Waals surface area contributed by atoms with Crippen molar-refractivity contribution in [1.29, 1.82) is 0 Å². The van der Waals surface area contributed by atoms with Crippen LogP contribution in [0, 0.1) is 5.92 Å². The SMILES string of the molecule is CCC1CNC12CC2. The van der Waals surface area contributed by atoms with E-state index in [0.717, 1.165) is 5.92 Å². The van der Waals surface area contributed by atoms with Gasteiger partial charge in [0.2, 0.25) is 0 Å². The summed E-state index contributed by atoms with van der Waals surface area (Å²) in [6, 6.07) is 0. The molecular weight excluding hydrogens is 98.1 g/mol. The van der Waals surface area contributed by atoms with Crippen molar-refractivity contribution in [2.75, 3.05) is 6.54 Å². The van der Waals surface area contributed by atoms with Gasteiger partial charge in [-0.25, -0.2) is 0 Å². The molecule has 2 aliphatic rings. The highest BCUT2D eigenvalue weighted by molar-refractivity contribution is 5.13. The fourth-order valence-corrected chi connectivity index (χ4v) is 1.79. The van der Waals surface area contributed by atoms with Crippen molar-refractivity contribution in [3.8, 4) is 0 Å². The lowest BCUT2D eigenvalue weighted by Gasteiger charge is -2.38. The van der Waals surface area contributed by atoms with Gasteiger partial charge in [-0.3, -0.25) is 0 Å². The molecule has 1 atom stereocenters. The smallest absolute Gasteiger partial charge is 0.0223 e. The molecule has 1 heterocycles. The van der Waals surface area contributed by atoms with Crippen molar-refractivity contribution in [2.45, 2.75) is 31.7 Å². The Morgan fingerprint density at radius 2 is 2.38 bits per heavy atom. The van der Waals surface area contributed by atoms with E-state index in [1.54, 1.807) is 0 Å². The van der Waals surface area contributed by atoms with Crippen molar-refractivity contribution < 1.29 is 0 Å². The van der Waals surface area contributed by atoms with Gasteiger partial charge in [0.05, 0.1) is 0 Å². The summed E-state index contributed by atoms with van der Waals surface area (Å²) in [4.78, 5) is 0. The van der Waals surface area contributed by atoms with Gasteiger partial charge in [-0.15, -0.1) is 0 Å². The fraction of sp³-hybridized carbons (Fsp3) is 1.00. The Bertz CT molecular complexity index is 103. The van der Waals surface area contributed by atoms with Crippen LogP contribution in [0.2, 0.25) is 0 Å². The van der Waals surface area contributed by atoms with Gasteiger partial charge in [-0.05, 0) is 18.8 Å². The van der Waals surface area contributed by atoms with E-state index in [1.807, 2.05) is 0 Å². The molecule has 1 N–H and O–H groups in total. The molecule has 2 rings (SSSR count). The highest BCUT2D eigenvalue weighted by atomic mass is 15.1. The molecule has 0 bridgehead atoms. The highest BCUT2D eigenvalue weighted by Crippen LogP contribution is 2.48. The summed E-state index contributed by atoms with van der Waals surface area (Å²) in [5, 5.41) is 3.50. The Labute approximate surface area is 50.5 Å². The first-order valence-corrected chi connectivity index (χ1v) is 3.62. The molecule has 1 unspecified atom stereocenters. The minimum Gasteiger partial charge on any atom is -0.311 e. The monoisotopic (exact) mass is 111 g/mol. The summed E-state index contributed by atoms with van der Waals surface area (Å²) in [6.45, 7) is 3.59. The zero-order valence-corrected chi connectivity index (χ0v) is 5.41. The summed E-state index contributed by atoms with van der Waals surface area (Å²) >= 11 is 0. The zero-order chi connectivity index (χ0) is 5.61. The van der Waals surface area contributed by atoms with Crippen molar-refractivity contribution in [3.63, 3.8) is 0 Å². The minimum absolute atomic E-state index is 0.689. The van der Waals surface area contributed by atoms with Gasteiger partial charge in [0.15, 0.2) is 0 Å². The van der Waals surface area contributed by atoms with Crippen LogP contribution in [0.5, 0.6) is 0 Å². The van der Waals surface area contributed by atoms with Crippen LogP contribution in [0.25, 0.3) is 0 Å². The van der Waals surface area contributed by atoms with Crippen LogP contribution in [-0.4, -0.2) is 12.1 Å². The predicted molar refractivity (Wildman–Crippen MR) is 33.7 cm³/mol. The molecule has 1 aliphatic carbocycles. The average molecular weight is 111 g/mol. The Morgan fingerprint density at radius 1 is 1.62 bits per heavy atom. The molecule has 0 radical (unpaired) electrons. The maximum Gasteiger partial charge on any atom is 0.0223 e. The van der Waals surface area contributed by atoms with E-state index in [-0.39, 0.29) is 0 Å². The van der Waals surface area contributed by atoms with Gasteiger partial charge < -0.3 is 5.32 Å². The third-order valence-corrected chi connectivity index (χ3v) is 2.76. The molecule has 0 aromatic heterocycles. The maximum absolute atomic E-state index is 3.50. The second kappa shape index (κ2) is 1.27. The minimum atomic E-state index is 0.689. The number of nitrogens with one attached hydrogen (secondary N) is 1. The molecule has 0 aromatic rings. The summed E-state index contributed by atoms with van der Waals surface area (Å²) in [5.74, 6) is 1.03. The largest absolute Gasteiger partial charge is 0.311 e. The molecule has 1 saturated carbocycles. The molecule has 0 amide bonds. The molecule has 1 saturated heterocycles. The van der Waals surface area contributed by atoms with E-state index in [9.17, 15) is 0 Å². The van der Waals surface area contributed by atoms with Crippen LogP contribution < -0.4 is 5.32 Å². The number of hydrogen-bond donors (Lipinski definition) is 1.